The van der Waals surface area contributed by atoms with Gasteiger partial charge in [-0.05, 0) is 43.0 Å². The minimum Gasteiger partial charge on any atom is -0.317 e. The summed E-state index contributed by atoms with van der Waals surface area (Å²) in [6.07, 6.45) is 6.23. The van der Waals surface area contributed by atoms with E-state index in [0.717, 1.165) is 31.0 Å². The average Bonchev–Trinajstić information content (AvgIpc) is 2.90. The normalized spacial score (nSPS) is 18.1. The van der Waals surface area contributed by atoms with Crippen molar-refractivity contribution in [2.75, 3.05) is 13.1 Å². The monoisotopic (exact) mass is 249 g/mol. The molecule has 2 rings (SSSR count). The summed E-state index contributed by atoms with van der Waals surface area (Å²) in [6, 6.07) is 7.22. The van der Waals surface area contributed by atoms with Crippen molar-refractivity contribution in [2.45, 2.75) is 39.0 Å². The van der Waals surface area contributed by atoms with E-state index in [1.807, 2.05) is 12.1 Å². The lowest BCUT2D eigenvalue weighted by Crippen LogP contribution is -2.29. The molecule has 1 fully saturated rings. The van der Waals surface area contributed by atoms with Gasteiger partial charge in [0.25, 0.3) is 0 Å². The lowest BCUT2D eigenvalue weighted by atomic mass is 9.85. The maximum absolute atomic E-state index is 13.7. The van der Waals surface area contributed by atoms with Gasteiger partial charge in [-0.25, -0.2) is 4.39 Å². The van der Waals surface area contributed by atoms with Gasteiger partial charge in [-0.15, -0.1) is 0 Å². The predicted molar refractivity (Wildman–Crippen MR) is 74.1 cm³/mol. The van der Waals surface area contributed by atoms with Crippen molar-refractivity contribution < 1.29 is 4.39 Å². The van der Waals surface area contributed by atoms with Crippen LogP contribution in [0.15, 0.2) is 24.3 Å². The Labute approximate surface area is 110 Å². The SMILES string of the molecule is CCNCC(Cc1ccccc1F)C1CCCC1. The van der Waals surface area contributed by atoms with Crippen molar-refractivity contribution in [3.63, 3.8) is 0 Å². The van der Waals surface area contributed by atoms with E-state index in [2.05, 4.69) is 12.2 Å². The first-order valence-corrected chi connectivity index (χ1v) is 7.25. The molecule has 1 aromatic carbocycles. The van der Waals surface area contributed by atoms with Crippen LogP contribution < -0.4 is 5.32 Å². The Balaban J connectivity index is 2.02. The first-order chi connectivity index (χ1) is 8.81. The highest BCUT2D eigenvalue weighted by Crippen LogP contribution is 2.33. The Morgan fingerprint density at radius 1 is 1.28 bits per heavy atom. The van der Waals surface area contributed by atoms with Gasteiger partial charge in [0.05, 0.1) is 0 Å². The largest absolute Gasteiger partial charge is 0.317 e. The summed E-state index contributed by atoms with van der Waals surface area (Å²) in [5, 5.41) is 3.44. The first kappa shape index (κ1) is 13.5. The predicted octanol–water partition coefficient (Wildman–Crippen LogP) is 3.78. The molecule has 0 spiro atoms. The van der Waals surface area contributed by atoms with Gasteiger partial charge in [-0.3, -0.25) is 0 Å². The highest BCUT2D eigenvalue weighted by Gasteiger charge is 2.25. The van der Waals surface area contributed by atoms with Crippen LogP contribution in [0.1, 0.15) is 38.2 Å². The van der Waals surface area contributed by atoms with Crippen LogP contribution in [0, 0.1) is 17.7 Å². The smallest absolute Gasteiger partial charge is 0.126 e. The fourth-order valence-corrected chi connectivity index (χ4v) is 3.11. The second-order valence-corrected chi connectivity index (χ2v) is 5.41. The molecule has 1 N–H and O–H groups in total. The zero-order valence-corrected chi connectivity index (χ0v) is 11.3. The highest BCUT2D eigenvalue weighted by molar-refractivity contribution is 5.18. The minimum absolute atomic E-state index is 0.0444. The Kier molecular flexibility index (Phi) is 5.18. The molecule has 0 radical (unpaired) electrons. The van der Waals surface area contributed by atoms with Crippen LogP contribution in [0.25, 0.3) is 0 Å². The summed E-state index contributed by atoms with van der Waals surface area (Å²) in [5.41, 5.74) is 0.882. The van der Waals surface area contributed by atoms with Crippen molar-refractivity contribution in [3.05, 3.63) is 35.6 Å². The van der Waals surface area contributed by atoms with Crippen molar-refractivity contribution in [3.8, 4) is 0 Å². The molecular weight excluding hydrogens is 225 g/mol. The molecule has 1 saturated carbocycles. The van der Waals surface area contributed by atoms with Gasteiger partial charge in [-0.2, -0.15) is 0 Å². The second-order valence-electron chi connectivity index (χ2n) is 5.41. The molecule has 1 aliphatic rings. The van der Waals surface area contributed by atoms with Crippen molar-refractivity contribution >= 4 is 0 Å². The number of hydrogen-bond acceptors (Lipinski definition) is 1. The Morgan fingerprint density at radius 2 is 2.00 bits per heavy atom. The van der Waals surface area contributed by atoms with E-state index in [-0.39, 0.29) is 5.82 Å². The van der Waals surface area contributed by atoms with Crippen LogP contribution in [-0.2, 0) is 6.42 Å². The lowest BCUT2D eigenvalue weighted by molar-refractivity contribution is 0.320. The number of hydrogen-bond donors (Lipinski definition) is 1. The summed E-state index contributed by atoms with van der Waals surface area (Å²) in [7, 11) is 0. The molecule has 0 aromatic heterocycles. The van der Waals surface area contributed by atoms with E-state index in [0.29, 0.717) is 5.92 Å². The molecule has 1 atom stereocenters. The highest BCUT2D eigenvalue weighted by atomic mass is 19.1. The molecule has 1 aliphatic carbocycles. The van der Waals surface area contributed by atoms with Gasteiger partial charge in [-0.1, -0.05) is 50.8 Å². The van der Waals surface area contributed by atoms with Crippen LogP contribution in [0.3, 0.4) is 0 Å². The van der Waals surface area contributed by atoms with E-state index in [1.54, 1.807) is 12.1 Å². The zero-order chi connectivity index (χ0) is 12.8. The second kappa shape index (κ2) is 6.89. The molecule has 100 valence electrons. The van der Waals surface area contributed by atoms with E-state index >= 15 is 0 Å². The number of halogens is 1. The van der Waals surface area contributed by atoms with Crippen molar-refractivity contribution in [1.82, 2.24) is 5.32 Å². The van der Waals surface area contributed by atoms with Crippen LogP contribution in [0.5, 0.6) is 0 Å². The van der Waals surface area contributed by atoms with E-state index in [1.165, 1.54) is 25.7 Å². The third kappa shape index (κ3) is 3.55. The van der Waals surface area contributed by atoms with Gasteiger partial charge in [0.1, 0.15) is 5.82 Å². The summed E-state index contributed by atoms with van der Waals surface area (Å²) >= 11 is 0. The van der Waals surface area contributed by atoms with Gasteiger partial charge < -0.3 is 5.32 Å². The lowest BCUT2D eigenvalue weighted by Gasteiger charge is -2.24. The van der Waals surface area contributed by atoms with Gasteiger partial charge in [0.2, 0.25) is 0 Å². The molecular formula is C16H24FN. The quantitative estimate of drug-likeness (QED) is 0.809. The first-order valence-electron chi connectivity index (χ1n) is 7.25. The standard InChI is InChI=1S/C16H24FN/c1-2-18-12-15(13-7-3-4-8-13)11-14-9-5-6-10-16(14)17/h5-6,9-10,13,15,18H,2-4,7-8,11-12H2,1H3. The molecule has 1 unspecified atom stereocenters. The van der Waals surface area contributed by atoms with Gasteiger partial charge in [0.15, 0.2) is 0 Å². The van der Waals surface area contributed by atoms with Crippen LogP contribution in [0.2, 0.25) is 0 Å². The third-order valence-electron chi connectivity index (χ3n) is 4.16. The summed E-state index contributed by atoms with van der Waals surface area (Å²) < 4.78 is 13.7. The maximum atomic E-state index is 13.7. The Hall–Kier alpha value is -0.890. The fourth-order valence-electron chi connectivity index (χ4n) is 3.11. The van der Waals surface area contributed by atoms with E-state index in [4.69, 9.17) is 0 Å². The number of rotatable bonds is 6. The minimum atomic E-state index is -0.0444. The van der Waals surface area contributed by atoms with Crippen LogP contribution in [-0.4, -0.2) is 13.1 Å². The summed E-state index contributed by atoms with van der Waals surface area (Å²) in [6.45, 7) is 4.16. The third-order valence-corrected chi connectivity index (χ3v) is 4.16. The van der Waals surface area contributed by atoms with E-state index in [9.17, 15) is 4.39 Å². The molecule has 2 heteroatoms. The topological polar surface area (TPSA) is 12.0 Å². The number of nitrogens with one attached hydrogen (secondary N) is 1. The molecule has 0 aliphatic heterocycles. The molecule has 0 heterocycles. The van der Waals surface area contributed by atoms with Crippen molar-refractivity contribution in [1.29, 1.82) is 0 Å². The maximum Gasteiger partial charge on any atom is 0.126 e. The van der Waals surface area contributed by atoms with Crippen LogP contribution >= 0.6 is 0 Å². The fraction of sp³-hybridized carbons (Fsp3) is 0.625. The molecule has 0 bridgehead atoms. The van der Waals surface area contributed by atoms with Crippen LogP contribution in [0.4, 0.5) is 4.39 Å². The van der Waals surface area contributed by atoms with Gasteiger partial charge >= 0.3 is 0 Å². The molecule has 0 amide bonds. The summed E-state index contributed by atoms with van der Waals surface area (Å²) in [5.74, 6) is 1.32. The van der Waals surface area contributed by atoms with Gasteiger partial charge in [0, 0.05) is 0 Å². The zero-order valence-electron chi connectivity index (χ0n) is 11.3. The Bertz CT molecular complexity index is 358. The summed E-state index contributed by atoms with van der Waals surface area (Å²) in [4.78, 5) is 0. The molecule has 1 nitrogen and oxygen atoms in total. The van der Waals surface area contributed by atoms with E-state index < -0.39 is 0 Å². The molecule has 18 heavy (non-hydrogen) atoms. The number of benzene rings is 1. The average molecular weight is 249 g/mol. The van der Waals surface area contributed by atoms with Crippen molar-refractivity contribution in [2.24, 2.45) is 11.8 Å². The Morgan fingerprint density at radius 3 is 2.67 bits per heavy atom. The molecule has 1 aromatic rings. The molecule has 0 saturated heterocycles.